The van der Waals surface area contributed by atoms with Gasteiger partial charge in [0, 0.05) is 9.79 Å². The van der Waals surface area contributed by atoms with Gasteiger partial charge in [0.05, 0.1) is 0 Å². The lowest BCUT2D eigenvalue weighted by Gasteiger charge is -2.35. The van der Waals surface area contributed by atoms with Gasteiger partial charge in [0.25, 0.3) is 0 Å². The Bertz CT molecular complexity index is 935. The lowest BCUT2D eigenvalue weighted by molar-refractivity contribution is 1.30. The Kier molecular flexibility index (Phi) is 5.26. The Balaban J connectivity index is 2.18. The zero-order chi connectivity index (χ0) is 18.7. The molecular weight excluding hydrogens is 380 g/mol. The van der Waals surface area contributed by atoms with Gasteiger partial charge in [-0.2, -0.15) is 0 Å². The van der Waals surface area contributed by atoms with E-state index < -0.39 is 8.07 Å². The third-order valence-electron chi connectivity index (χ3n) is 5.04. The second-order valence-corrected chi connectivity index (χ2v) is 11.2. The molecule has 0 N–H and O–H groups in total. The van der Waals surface area contributed by atoms with Crippen LogP contribution < -0.4 is 20.7 Å². The van der Waals surface area contributed by atoms with E-state index in [1.54, 1.807) is 0 Å². The molecule has 0 fully saturated rings. The van der Waals surface area contributed by atoms with E-state index in [0.29, 0.717) is 0 Å². The minimum atomic E-state index is -2.50. The van der Waals surface area contributed by atoms with Crippen molar-refractivity contribution in [3.8, 4) is 0 Å². The van der Waals surface area contributed by atoms with Crippen molar-refractivity contribution in [3.05, 3.63) is 109 Å². The van der Waals surface area contributed by atoms with Crippen LogP contribution in [-0.2, 0) is 0 Å². The fraction of sp³-hybridized carbons (Fsp3) is 0. The summed E-state index contributed by atoms with van der Waals surface area (Å²) in [6, 6.07) is 38.9. The molecule has 0 spiro atoms. The third kappa shape index (κ3) is 3.16. The smallest absolute Gasteiger partial charge is 0.142 e. The van der Waals surface area contributed by atoms with Crippen LogP contribution in [0, 0.1) is 0 Å². The second kappa shape index (κ2) is 7.81. The molecule has 0 aliphatic rings. The maximum Gasteiger partial charge on any atom is 0.180 e. The molecule has 0 unspecified atom stereocenters. The summed E-state index contributed by atoms with van der Waals surface area (Å²) in [4.78, 5) is 1.87. The van der Waals surface area contributed by atoms with Crippen LogP contribution in [0.1, 0.15) is 0 Å². The Morgan fingerprint density at radius 2 is 0.852 bits per heavy atom. The number of benzene rings is 4. The van der Waals surface area contributed by atoms with Gasteiger partial charge in [0.1, 0.15) is 0 Å². The van der Waals surface area contributed by atoms with Crippen molar-refractivity contribution >= 4 is 54.1 Å². The zero-order valence-electron chi connectivity index (χ0n) is 14.8. The van der Waals surface area contributed by atoms with Crippen molar-refractivity contribution in [2.24, 2.45) is 0 Å². The van der Waals surface area contributed by atoms with Gasteiger partial charge in [-0.25, -0.2) is 0 Å². The van der Waals surface area contributed by atoms with E-state index in [1.807, 2.05) is 6.07 Å². The normalized spacial score (nSPS) is 11.3. The average Bonchev–Trinajstić information content (AvgIpc) is 2.74. The van der Waals surface area contributed by atoms with E-state index >= 15 is 0 Å². The monoisotopic (exact) mass is 400 g/mol. The van der Waals surface area contributed by atoms with Crippen LogP contribution in [0.5, 0.6) is 0 Å². The summed E-state index contributed by atoms with van der Waals surface area (Å²) in [6.07, 6.45) is 0. The van der Waals surface area contributed by atoms with E-state index in [0.717, 1.165) is 9.79 Å². The van der Waals surface area contributed by atoms with E-state index in [9.17, 15) is 0 Å². The summed E-state index contributed by atoms with van der Waals surface area (Å²) in [6.45, 7) is 0. The van der Waals surface area contributed by atoms with Gasteiger partial charge in [-0.3, -0.25) is 0 Å². The Morgan fingerprint density at radius 1 is 0.444 bits per heavy atom. The summed E-state index contributed by atoms with van der Waals surface area (Å²) in [5.41, 5.74) is 0. The first-order valence-corrected chi connectivity index (χ1v) is 11.8. The van der Waals surface area contributed by atoms with Crippen molar-refractivity contribution in [2.75, 3.05) is 0 Å². The molecule has 0 atom stereocenters. The molecule has 3 heteroatoms. The van der Waals surface area contributed by atoms with Crippen LogP contribution in [0.4, 0.5) is 0 Å². The Hall–Kier alpha value is -2.20. The summed E-state index contributed by atoms with van der Waals surface area (Å²) < 4.78 is 0. The molecular formula is C24H20S2Si. The quantitative estimate of drug-likeness (QED) is 0.292. The first kappa shape index (κ1) is 18.2. The molecule has 4 rings (SSSR count). The van der Waals surface area contributed by atoms with Gasteiger partial charge in [-0.05, 0) is 26.8 Å². The van der Waals surface area contributed by atoms with Crippen LogP contribution >= 0.6 is 25.3 Å². The van der Waals surface area contributed by atoms with Crippen LogP contribution in [0.15, 0.2) is 119 Å². The lowest BCUT2D eigenvalue weighted by atomic mass is 10.3. The molecule has 0 heterocycles. The molecule has 0 amide bonds. The maximum atomic E-state index is 4.91. The number of hydrogen-bond donors (Lipinski definition) is 2. The van der Waals surface area contributed by atoms with Crippen LogP contribution in [0.3, 0.4) is 0 Å². The van der Waals surface area contributed by atoms with E-state index in [4.69, 9.17) is 12.6 Å². The molecule has 4 aromatic rings. The molecule has 0 saturated carbocycles. The van der Waals surface area contributed by atoms with Crippen LogP contribution in [-0.4, -0.2) is 8.07 Å². The average molecular weight is 401 g/mol. The summed E-state index contributed by atoms with van der Waals surface area (Å²) in [5.74, 6) is 0. The van der Waals surface area contributed by atoms with Crippen molar-refractivity contribution in [2.45, 2.75) is 9.79 Å². The van der Waals surface area contributed by atoms with E-state index in [1.165, 1.54) is 20.7 Å². The molecule has 132 valence electrons. The van der Waals surface area contributed by atoms with Crippen LogP contribution in [0.2, 0.25) is 0 Å². The molecule has 0 radical (unpaired) electrons. The molecule has 0 saturated heterocycles. The van der Waals surface area contributed by atoms with Gasteiger partial charge >= 0.3 is 0 Å². The first-order chi connectivity index (χ1) is 13.2. The van der Waals surface area contributed by atoms with Gasteiger partial charge in [-0.1, -0.05) is 103 Å². The van der Waals surface area contributed by atoms with Crippen molar-refractivity contribution in [1.29, 1.82) is 0 Å². The predicted molar refractivity (Wildman–Crippen MR) is 125 cm³/mol. The first-order valence-electron chi connectivity index (χ1n) is 8.92. The highest BCUT2D eigenvalue weighted by Crippen LogP contribution is 2.20. The predicted octanol–water partition coefficient (Wildman–Crippen LogP) is 3.64. The van der Waals surface area contributed by atoms with Gasteiger partial charge in [0.15, 0.2) is 8.07 Å². The summed E-state index contributed by atoms with van der Waals surface area (Å²) >= 11 is 9.60. The highest BCUT2D eigenvalue weighted by atomic mass is 32.1. The Morgan fingerprint density at radius 3 is 1.26 bits per heavy atom. The maximum absolute atomic E-state index is 4.91. The highest BCUT2D eigenvalue weighted by molar-refractivity contribution is 7.83. The van der Waals surface area contributed by atoms with Crippen molar-refractivity contribution < 1.29 is 0 Å². The molecule has 4 aromatic carbocycles. The molecule has 0 aliphatic heterocycles. The molecule has 27 heavy (non-hydrogen) atoms. The fourth-order valence-electron chi connectivity index (χ4n) is 3.86. The highest BCUT2D eigenvalue weighted by Gasteiger charge is 2.42. The van der Waals surface area contributed by atoms with Crippen LogP contribution in [0.25, 0.3) is 0 Å². The molecule has 0 nitrogen and oxygen atoms in total. The summed E-state index contributed by atoms with van der Waals surface area (Å²) in [7, 11) is -2.50. The minimum Gasteiger partial charge on any atom is -0.142 e. The minimum absolute atomic E-state index is 0.913. The largest absolute Gasteiger partial charge is 0.180 e. The Labute approximate surface area is 172 Å². The van der Waals surface area contributed by atoms with E-state index in [2.05, 4.69) is 116 Å². The molecule has 0 bridgehead atoms. The molecule has 0 aliphatic carbocycles. The van der Waals surface area contributed by atoms with Crippen molar-refractivity contribution in [1.82, 2.24) is 0 Å². The zero-order valence-corrected chi connectivity index (χ0v) is 17.6. The second-order valence-electron chi connectivity index (χ2n) is 6.52. The number of thiol groups is 2. The molecule has 0 aromatic heterocycles. The number of rotatable bonds is 4. The number of hydrogen-bond acceptors (Lipinski definition) is 2. The standard InChI is InChI=1S/C24H20S2Si/c25-22-17-10-18-23(24(22)26)27(19-11-4-1-5-12-19,20-13-6-2-7-14-20)21-15-8-3-9-16-21/h1-18,25-26H. The van der Waals surface area contributed by atoms with E-state index in [-0.39, 0.29) is 0 Å². The summed E-state index contributed by atoms with van der Waals surface area (Å²) in [5, 5.41) is 5.30. The van der Waals surface area contributed by atoms with Crippen molar-refractivity contribution in [3.63, 3.8) is 0 Å². The lowest BCUT2D eigenvalue weighted by Crippen LogP contribution is -2.75. The van der Waals surface area contributed by atoms with Gasteiger partial charge < -0.3 is 0 Å². The SMILES string of the molecule is Sc1cccc([Si](c2ccccc2)(c2ccccc2)c2ccccc2)c1S. The third-order valence-corrected chi connectivity index (χ3v) is 11.1. The van der Waals surface area contributed by atoms with Gasteiger partial charge in [-0.15, -0.1) is 25.3 Å². The van der Waals surface area contributed by atoms with Gasteiger partial charge in [0.2, 0.25) is 0 Å². The topological polar surface area (TPSA) is 0 Å². The fourth-order valence-corrected chi connectivity index (χ4v) is 9.68.